The maximum Gasteiger partial charge on any atom is 0.455 e. The first kappa shape index (κ1) is 16.8. The molecule has 0 amide bonds. The lowest BCUT2D eigenvalue weighted by Gasteiger charge is -2.11. The molecule has 0 bridgehead atoms. The first-order valence-electron chi connectivity index (χ1n) is 5.97. The second kappa shape index (κ2) is 5.92. The average molecular weight is 346 g/mol. The van der Waals surface area contributed by atoms with E-state index in [4.69, 9.17) is 0 Å². The van der Waals surface area contributed by atoms with Crippen molar-refractivity contribution in [2.24, 2.45) is 0 Å². The smallest absolute Gasteiger partial charge is 0.455 e. The van der Waals surface area contributed by atoms with Crippen molar-refractivity contribution in [2.45, 2.75) is 16.0 Å². The highest BCUT2D eigenvalue weighted by Gasteiger charge is 2.41. The molecule has 0 aliphatic carbocycles. The van der Waals surface area contributed by atoms with Gasteiger partial charge in [-0.15, -0.1) is 0 Å². The largest absolute Gasteiger partial charge is 0.508 e. The standard InChI is InChI=1S/C14H9F3O5S/c15-14(16,17)13(22)7-4-12(10(21)5-8(7)19)23-11-2-1-6(18)3-9(11)20/h1-5,18-21H. The van der Waals surface area contributed by atoms with E-state index < -0.39 is 29.0 Å². The molecule has 5 nitrogen and oxygen atoms in total. The van der Waals surface area contributed by atoms with Crippen LogP contribution in [0.2, 0.25) is 0 Å². The van der Waals surface area contributed by atoms with E-state index in [1.54, 1.807) is 0 Å². The van der Waals surface area contributed by atoms with E-state index in [1.165, 1.54) is 12.1 Å². The van der Waals surface area contributed by atoms with Gasteiger partial charge in [-0.3, -0.25) is 4.79 Å². The van der Waals surface area contributed by atoms with E-state index >= 15 is 0 Å². The fourth-order valence-corrected chi connectivity index (χ4v) is 2.56. The quantitative estimate of drug-likeness (QED) is 0.636. The van der Waals surface area contributed by atoms with Crippen molar-refractivity contribution in [3.05, 3.63) is 35.9 Å². The summed E-state index contributed by atoms with van der Waals surface area (Å²) >= 11 is 0.659. The zero-order valence-electron chi connectivity index (χ0n) is 11.1. The lowest BCUT2D eigenvalue weighted by Crippen LogP contribution is -2.22. The summed E-state index contributed by atoms with van der Waals surface area (Å²) in [5.41, 5.74) is -1.02. The molecule has 122 valence electrons. The van der Waals surface area contributed by atoms with Gasteiger partial charge in [0.1, 0.15) is 23.0 Å². The highest BCUT2D eigenvalue weighted by molar-refractivity contribution is 7.99. The van der Waals surface area contributed by atoms with Crippen molar-refractivity contribution >= 4 is 17.5 Å². The number of phenols is 4. The number of ketones is 1. The fraction of sp³-hybridized carbons (Fsp3) is 0.0714. The highest BCUT2D eigenvalue weighted by atomic mass is 32.2. The third-order valence-electron chi connectivity index (χ3n) is 2.74. The van der Waals surface area contributed by atoms with Gasteiger partial charge in [-0.2, -0.15) is 13.2 Å². The van der Waals surface area contributed by atoms with Crippen LogP contribution in [0.4, 0.5) is 13.2 Å². The number of hydrogen-bond acceptors (Lipinski definition) is 6. The number of halogens is 3. The van der Waals surface area contributed by atoms with Crippen LogP contribution in [0, 0.1) is 0 Å². The normalized spacial score (nSPS) is 11.4. The number of carbonyl (C=O) groups excluding carboxylic acids is 1. The molecule has 4 N–H and O–H groups in total. The predicted octanol–water partition coefficient (Wildman–Crippen LogP) is 3.41. The molecule has 0 atom stereocenters. The van der Waals surface area contributed by atoms with Crippen molar-refractivity contribution < 1.29 is 38.4 Å². The minimum atomic E-state index is -5.18. The summed E-state index contributed by atoms with van der Waals surface area (Å²) in [5.74, 6) is -4.43. The van der Waals surface area contributed by atoms with Crippen LogP contribution < -0.4 is 0 Å². The summed E-state index contributed by atoms with van der Waals surface area (Å²) in [7, 11) is 0. The molecule has 2 aromatic rings. The van der Waals surface area contributed by atoms with E-state index in [9.17, 15) is 38.4 Å². The molecule has 0 radical (unpaired) electrons. The second-order valence-electron chi connectivity index (χ2n) is 4.42. The molecule has 2 aromatic carbocycles. The Morgan fingerprint density at radius 3 is 2.04 bits per heavy atom. The number of benzene rings is 2. The Balaban J connectivity index is 2.45. The summed E-state index contributed by atoms with van der Waals surface area (Å²) in [6, 6.07) is 4.78. The lowest BCUT2D eigenvalue weighted by atomic mass is 10.1. The number of alkyl halides is 3. The molecule has 0 unspecified atom stereocenters. The van der Waals surface area contributed by atoms with Crippen LogP contribution in [0.3, 0.4) is 0 Å². The maximum atomic E-state index is 12.5. The number of aromatic hydroxyl groups is 4. The zero-order chi connectivity index (χ0) is 17.4. The molecule has 0 heterocycles. The molecule has 0 fully saturated rings. The summed E-state index contributed by atoms with van der Waals surface area (Å²) in [4.78, 5) is 11.2. The Hall–Kier alpha value is -2.55. The van der Waals surface area contributed by atoms with Gasteiger partial charge >= 0.3 is 6.18 Å². The SMILES string of the molecule is O=C(c1cc(Sc2ccc(O)cc2O)c(O)cc1O)C(F)(F)F. The second-order valence-corrected chi connectivity index (χ2v) is 5.50. The molecule has 0 aliphatic rings. The molecule has 0 saturated heterocycles. The van der Waals surface area contributed by atoms with Gasteiger partial charge in [0.2, 0.25) is 0 Å². The van der Waals surface area contributed by atoms with Crippen molar-refractivity contribution in [3.8, 4) is 23.0 Å². The molecular weight excluding hydrogens is 337 g/mol. The van der Waals surface area contributed by atoms with Gasteiger partial charge in [-0.05, 0) is 18.2 Å². The Labute approximate surface area is 131 Å². The van der Waals surface area contributed by atoms with Gasteiger partial charge < -0.3 is 20.4 Å². The topological polar surface area (TPSA) is 98.0 Å². The molecule has 0 spiro atoms. The van der Waals surface area contributed by atoms with Gasteiger partial charge in [0.25, 0.3) is 5.78 Å². The third kappa shape index (κ3) is 3.62. The molecule has 0 aliphatic heterocycles. The van der Waals surface area contributed by atoms with Crippen LogP contribution in [0.5, 0.6) is 23.0 Å². The minimum Gasteiger partial charge on any atom is -0.508 e. The van der Waals surface area contributed by atoms with Crippen molar-refractivity contribution in [1.82, 2.24) is 0 Å². The molecule has 2 rings (SSSR count). The fourth-order valence-electron chi connectivity index (χ4n) is 1.68. The van der Waals surface area contributed by atoms with Crippen LogP contribution in [-0.4, -0.2) is 32.4 Å². The Morgan fingerprint density at radius 2 is 1.48 bits per heavy atom. The van der Waals surface area contributed by atoms with Gasteiger partial charge in [0.05, 0.1) is 15.4 Å². The number of rotatable bonds is 3. The summed E-state index contributed by atoms with van der Waals surface area (Å²) < 4.78 is 37.5. The van der Waals surface area contributed by atoms with Crippen LogP contribution in [0.25, 0.3) is 0 Å². The van der Waals surface area contributed by atoms with E-state index in [0.717, 1.165) is 6.07 Å². The number of Topliss-reactive ketones (excluding diaryl/α,β-unsaturated/α-hetero) is 1. The summed E-state index contributed by atoms with van der Waals surface area (Å²) in [6.45, 7) is 0. The monoisotopic (exact) mass is 346 g/mol. The van der Waals surface area contributed by atoms with Crippen molar-refractivity contribution in [3.63, 3.8) is 0 Å². The number of phenolic OH excluding ortho intramolecular Hbond substituents is 4. The van der Waals surface area contributed by atoms with Crippen LogP contribution in [-0.2, 0) is 0 Å². The first-order chi connectivity index (χ1) is 10.6. The lowest BCUT2D eigenvalue weighted by molar-refractivity contribution is -0.0886. The van der Waals surface area contributed by atoms with Crippen molar-refractivity contribution in [1.29, 1.82) is 0 Å². The van der Waals surface area contributed by atoms with Gasteiger partial charge in [0, 0.05) is 12.1 Å². The summed E-state index contributed by atoms with van der Waals surface area (Å²) in [6.07, 6.45) is -5.18. The number of hydrogen-bond donors (Lipinski definition) is 4. The van der Waals surface area contributed by atoms with Gasteiger partial charge in [-0.25, -0.2) is 0 Å². The average Bonchev–Trinajstić information content (AvgIpc) is 2.42. The molecular formula is C14H9F3O5S. The molecule has 9 heteroatoms. The molecule has 0 aromatic heterocycles. The van der Waals surface area contributed by atoms with E-state index in [0.29, 0.717) is 23.9 Å². The van der Waals surface area contributed by atoms with Gasteiger partial charge in [0.15, 0.2) is 0 Å². The molecule has 23 heavy (non-hydrogen) atoms. The molecule has 0 saturated carbocycles. The number of carbonyl (C=O) groups is 1. The summed E-state index contributed by atoms with van der Waals surface area (Å²) in [5, 5.41) is 38.0. The van der Waals surface area contributed by atoms with E-state index in [1.807, 2.05) is 0 Å². The van der Waals surface area contributed by atoms with Crippen LogP contribution in [0.15, 0.2) is 40.1 Å². The third-order valence-corrected chi connectivity index (χ3v) is 3.85. The van der Waals surface area contributed by atoms with E-state index in [-0.39, 0.29) is 21.3 Å². The minimum absolute atomic E-state index is 0.120. The maximum absolute atomic E-state index is 12.5. The van der Waals surface area contributed by atoms with Crippen molar-refractivity contribution in [2.75, 3.05) is 0 Å². The van der Waals surface area contributed by atoms with E-state index in [2.05, 4.69) is 0 Å². The van der Waals surface area contributed by atoms with Crippen LogP contribution in [0.1, 0.15) is 10.4 Å². The van der Waals surface area contributed by atoms with Crippen LogP contribution >= 0.6 is 11.8 Å². The Bertz CT molecular complexity index is 774. The predicted molar refractivity (Wildman–Crippen MR) is 74.1 cm³/mol. The van der Waals surface area contributed by atoms with Gasteiger partial charge in [-0.1, -0.05) is 11.8 Å². The first-order valence-corrected chi connectivity index (χ1v) is 6.78. The highest BCUT2D eigenvalue weighted by Crippen LogP contribution is 2.43. The Kier molecular flexibility index (Phi) is 4.33. The Morgan fingerprint density at radius 1 is 0.870 bits per heavy atom. The zero-order valence-corrected chi connectivity index (χ0v) is 11.9.